The molecule has 0 spiro atoms. The van der Waals surface area contributed by atoms with Crippen LogP contribution < -0.4 is 0 Å². The van der Waals surface area contributed by atoms with Gasteiger partial charge >= 0.3 is 5.97 Å². The van der Waals surface area contributed by atoms with E-state index in [2.05, 4.69) is 9.55 Å². The lowest BCUT2D eigenvalue weighted by Gasteiger charge is -2.18. The quantitative estimate of drug-likeness (QED) is 0.804. The van der Waals surface area contributed by atoms with Crippen LogP contribution in [0.3, 0.4) is 0 Å². The van der Waals surface area contributed by atoms with Crippen LogP contribution >= 0.6 is 0 Å². The molecular formula is C19H17N3O2. The van der Waals surface area contributed by atoms with E-state index in [1.165, 1.54) is 0 Å². The number of para-hydroxylation sites is 1. The maximum Gasteiger partial charge on any atom is 0.307 e. The van der Waals surface area contributed by atoms with Crippen LogP contribution in [0.1, 0.15) is 17.0 Å². The number of rotatable bonds is 4. The minimum atomic E-state index is -0.803. The van der Waals surface area contributed by atoms with Crippen molar-refractivity contribution in [1.82, 2.24) is 9.55 Å². The van der Waals surface area contributed by atoms with E-state index < -0.39 is 5.97 Å². The SMILES string of the molecule is O=C(O)Cc1c2n(c3ccccc13)C(Cc1ccccn1)=NCC2. The Bertz CT molecular complexity index is 942. The summed E-state index contributed by atoms with van der Waals surface area (Å²) >= 11 is 0. The van der Waals surface area contributed by atoms with Gasteiger partial charge in [-0.05, 0) is 23.8 Å². The highest BCUT2D eigenvalue weighted by atomic mass is 16.4. The van der Waals surface area contributed by atoms with Crippen LogP contribution in [0.2, 0.25) is 0 Å². The van der Waals surface area contributed by atoms with Crippen molar-refractivity contribution in [3.8, 4) is 0 Å². The highest BCUT2D eigenvalue weighted by molar-refractivity contribution is 6.00. The van der Waals surface area contributed by atoms with E-state index in [0.717, 1.165) is 40.1 Å². The summed E-state index contributed by atoms with van der Waals surface area (Å²) in [6, 6.07) is 13.8. The summed E-state index contributed by atoms with van der Waals surface area (Å²) < 4.78 is 2.13. The van der Waals surface area contributed by atoms with Crippen LogP contribution in [0.5, 0.6) is 0 Å². The van der Waals surface area contributed by atoms with Gasteiger partial charge in [0.1, 0.15) is 5.84 Å². The topological polar surface area (TPSA) is 67.5 Å². The molecule has 0 amide bonds. The van der Waals surface area contributed by atoms with E-state index in [1.807, 2.05) is 42.5 Å². The molecule has 0 saturated carbocycles. The summed E-state index contributed by atoms with van der Waals surface area (Å²) in [6.45, 7) is 0.686. The van der Waals surface area contributed by atoms with Gasteiger partial charge in [-0.1, -0.05) is 24.3 Å². The number of carbonyl (C=O) groups is 1. The Labute approximate surface area is 139 Å². The molecule has 0 fully saturated rings. The minimum Gasteiger partial charge on any atom is -0.481 e. The van der Waals surface area contributed by atoms with Crippen LogP contribution in [0.25, 0.3) is 10.9 Å². The monoisotopic (exact) mass is 319 g/mol. The zero-order valence-corrected chi connectivity index (χ0v) is 13.1. The third kappa shape index (κ3) is 2.48. The first-order valence-electron chi connectivity index (χ1n) is 8.00. The maximum atomic E-state index is 11.3. The normalized spacial score (nSPS) is 13.6. The van der Waals surface area contributed by atoms with E-state index in [9.17, 15) is 9.90 Å². The molecule has 0 radical (unpaired) electrons. The van der Waals surface area contributed by atoms with Crippen molar-refractivity contribution in [1.29, 1.82) is 0 Å². The number of fused-ring (bicyclic) bond motifs is 3. The summed E-state index contributed by atoms with van der Waals surface area (Å²) in [4.78, 5) is 20.4. The fourth-order valence-corrected chi connectivity index (χ4v) is 3.43. The fourth-order valence-electron chi connectivity index (χ4n) is 3.43. The number of aliphatic imine (C=N–C) groups is 1. The third-order valence-corrected chi connectivity index (χ3v) is 4.38. The molecule has 3 heterocycles. The first-order valence-corrected chi connectivity index (χ1v) is 8.00. The molecule has 5 nitrogen and oxygen atoms in total. The Hall–Kier alpha value is -2.95. The second-order valence-corrected chi connectivity index (χ2v) is 5.89. The molecule has 0 bridgehead atoms. The van der Waals surface area contributed by atoms with E-state index in [0.29, 0.717) is 13.0 Å². The number of aromatic nitrogens is 2. The number of nitrogens with zero attached hydrogens (tertiary/aromatic N) is 3. The number of hydrogen-bond donors (Lipinski definition) is 1. The van der Waals surface area contributed by atoms with Gasteiger partial charge < -0.3 is 9.67 Å². The smallest absolute Gasteiger partial charge is 0.307 e. The standard InChI is InChI=1S/C19H17N3O2/c23-19(24)12-15-14-6-1-2-7-16(14)22-17(15)8-10-21-18(22)11-13-5-3-4-9-20-13/h1-7,9H,8,10-12H2,(H,23,24). The lowest BCUT2D eigenvalue weighted by atomic mass is 10.1. The van der Waals surface area contributed by atoms with Crippen LogP contribution in [0.15, 0.2) is 53.7 Å². The van der Waals surface area contributed by atoms with E-state index >= 15 is 0 Å². The molecule has 120 valence electrons. The van der Waals surface area contributed by atoms with Gasteiger partial charge in [0.05, 0.1) is 11.9 Å². The van der Waals surface area contributed by atoms with Crippen LogP contribution in [0.4, 0.5) is 0 Å². The van der Waals surface area contributed by atoms with Gasteiger partial charge in [-0.25, -0.2) is 0 Å². The highest BCUT2D eigenvalue weighted by Gasteiger charge is 2.23. The molecule has 3 aromatic rings. The predicted octanol–water partition coefficient (Wildman–Crippen LogP) is 2.71. The molecule has 0 aliphatic carbocycles. The van der Waals surface area contributed by atoms with Gasteiger partial charge in [0.25, 0.3) is 0 Å². The van der Waals surface area contributed by atoms with E-state index in [4.69, 9.17) is 4.99 Å². The van der Waals surface area contributed by atoms with Gasteiger partial charge in [0.15, 0.2) is 0 Å². The molecular weight excluding hydrogens is 302 g/mol. The van der Waals surface area contributed by atoms with Gasteiger partial charge in [0.2, 0.25) is 0 Å². The van der Waals surface area contributed by atoms with Crippen molar-refractivity contribution >= 4 is 22.7 Å². The van der Waals surface area contributed by atoms with Crippen LogP contribution in [-0.4, -0.2) is 33.0 Å². The zero-order chi connectivity index (χ0) is 16.5. The molecule has 2 aromatic heterocycles. The molecule has 24 heavy (non-hydrogen) atoms. The first kappa shape index (κ1) is 14.6. The summed E-state index contributed by atoms with van der Waals surface area (Å²) in [7, 11) is 0. The van der Waals surface area contributed by atoms with Gasteiger partial charge in [0, 0.05) is 42.4 Å². The Kier molecular flexibility index (Phi) is 3.61. The summed E-state index contributed by atoms with van der Waals surface area (Å²) in [6.07, 6.45) is 3.23. The number of aliphatic carboxylic acids is 1. The van der Waals surface area contributed by atoms with Crippen molar-refractivity contribution < 1.29 is 9.90 Å². The number of carboxylic acid groups (broad SMARTS) is 1. The lowest BCUT2D eigenvalue weighted by Crippen LogP contribution is -2.24. The average Bonchev–Trinajstić information content (AvgIpc) is 2.91. The molecule has 4 rings (SSSR count). The number of benzene rings is 1. The number of pyridine rings is 1. The third-order valence-electron chi connectivity index (χ3n) is 4.38. The van der Waals surface area contributed by atoms with Crippen LogP contribution in [-0.2, 0) is 24.1 Å². The average molecular weight is 319 g/mol. The van der Waals surface area contributed by atoms with E-state index in [1.54, 1.807) is 6.20 Å². The number of carboxylic acids is 1. The molecule has 1 aliphatic heterocycles. The van der Waals surface area contributed by atoms with Crippen molar-refractivity contribution in [2.24, 2.45) is 4.99 Å². The largest absolute Gasteiger partial charge is 0.481 e. The second kappa shape index (κ2) is 5.92. The molecule has 1 N–H and O–H groups in total. The Morgan fingerprint density at radius 2 is 2.00 bits per heavy atom. The van der Waals surface area contributed by atoms with Crippen LogP contribution in [0, 0.1) is 0 Å². The molecule has 0 unspecified atom stereocenters. The summed E-state index contributed by atoms with van der Waals surface area (Å²) in [5.41, 5.74) is 3.96. The molecule has 1 aromatic carbocycles. The van der Waals surface area contributed by atoms with Gasteiger partial charge in [-0.15, -0.1) is 0 Å². The molecule has 1 aliphatic rings. The Morgan fingerprint density at radius 1 is 1.17 bits per heavy atom. The first-order chi connectivity index (χ1) is 11.7. The lowest BCUT2D eigenvalue weighted by molar-refractivity contribution is -0.136. The number of hydrogen-bond acceptors (Lipinski definition) is 3. The molecule has 5 heteroatoms. The maximum absolute atomic E-state index is 11.3. The Morgan fingerprint density at radius 3 is 2.79 bits per heavy atom. The molecule has 0 saturated heterocycles. The minimum absolute atomic E-state index is 0.0414. The highest BCUT2D eigenvalue weighted by Crippen LogP contribution is 2.29. The van der Waals surface area contributed by atoms with Crippen molar-refractivity contribution in [3.05, 3.63) is 65.6 Å². The fraction of sp³-hybridized carbons (Fsp3) is 0.211. The Balaban J connectivity index is 1.86. The van der Waals surface area contributed by atoms with Gasteiger partial charge in [-0.3, -0.25) is 14.8 Å². The van der Waals surface area contributed by atoms with E-state index in [-0.39, 0.29) is 6.42 Å². The van der Waals surface area contributed by atoms with Crippen molar-refractivity contribution in [2.45, 2.75) is 19.3 Å². The summed E-state index contributed by atoms with van der Waals surface area (Å²) in [5, 5.41) is 10.3. The van der Waals surface area contributed by atoms with Gasteiger partial charge in [-0.2, -0.15) is 0 Å². The molecule has 0 atom stereocenters. The van der Waals surface area contributed by atoms with Crippen molar-refractivity contribution in [3.63, 3.8) is 0 Å². The van der Waals surface area contributed by atoms with Crippen molar-refractivity contribution in [2.75, 3.05) is 6.54 Å². The predicted molar refractivity (Wildman–Crippen MR) is 92.6 cm³/mol. The second-order valence-electron chi connectivity index (χ2n) is 5.89. The zero-order valence-electron chi connectivity index (χ0n) is 13.1. The summed E-state index contributed by atoms with van der Waals surface area (Å²) in [5.74, 6) is 0.130.